The monoisotopic (exact) mass is 520 g/mol. The Morgan fingerprint density at radius 3 is 2.38 bits per heavy atom. The van der Waals surface area contributed by atoms with Gasteiger partial charge in [-0.05, 0) is 79.0 Å². The topological polar surface area (TPSA) is 60.0 Å². The summed E-state index contributed by atoms with van der Waals surface area (Å²) in [5.74, 6) is 0.712. The predicted octanol–water partition coefficient (Wildman–Crippen LogP) is 4.88. The number of thiocarbonyl (C=S) groups is 1. The number of nitrogens with one attached hydrogen (secondary N) is 1. The third kappa shape index (κ3) is 6.21. The van der Waals surface area contributed by atoms with Gasteiger partial charge in [0.2, 0.25) is 0 Å². The quantitative estimate of drug-likeness (QED) is 0.548. The number of rotatable bonds is 6. The Labute approximate surface area is 203 Å². The molecule has 1 amide bonds. The van der Waals surface area contributed by atoms with Crippen LogP contribution in [0.25, 0.3) is 0 Å². The second kappa shape index (κ2) is 10.6. The zero-order valence-electron chi connectivity index (χ0n) is 19.0. The van der Waals surface area contributed by atoms with Crippen molar-refractivity contribution < 1.29 is 19.0 Å². The van der Waals surface area contributed by atoms with Crippen LogP contribution in [0.3, 0.4) is 0 Å². The number of carbonyl (C=O) groups excluding carboxylic acids is 1. The summed E-state index contributed by atoms with van der Waals surface area (Å²) in [5.41, 5.74) is 3.76. The molecule has 172 valence electrons. The molecule has 0 bridgehead atoms. The highest BCUT2D eigenvalue weighted by molar-refractivity contribution is 9.10. The second-order valence-electron chi connectivity index (χ2n) is 8.17. The van der Waals surface area contributed by atoms with Gasteiger partial charge >= 0.3 is 0 Å². The maximum absolute atomic E-state index is 12.4. The van der Waals surface area contributed by atoms with Gasteiger partial charge in [-0.2, -0.15) is 0 Å². The molecular formula is C24H29BrN2O4S. The van der Waals surface area contributed by atoms with Crippen molar-refractivity contribution in [3.8, 4) is 11.5 Å². The maximum atomic E-state index is 12.4. The summed E-state index contributed by atoms with van der Waals surface area (Å²) in [6, 6.07) is 9.63. The van der Waals surface area contributed by atoms with Crippen molar-refractivity contribution in [2.45, 2.75) is 39.9 Å². The van der Waals surface area contributed by atoms with E-state index in [2.05, 4.69) is 32.2 Å². The number of benzene rings is 2. The van der Waals surface area contributed by atoms with E-state index >= 15 is 0 Å². The molecule has 6 nitrogen and oxygen atoms in total. The smallest absolute Gasteiger partial charge is 0.262 e. The number of hydrogen-bond donors (Lipinski definition) is 1. The SMILES string of the molecule is COc1cc(C(=S)N2C[C@@H](C)O[C@@H](C)C2)cc(Br)c1OCC(=O)Nc1cc(C)cc(C)c1. The lowest BCUT2D eigenvalue weighted by molar-refractivity contribution is -0.118. The van der Waals surface area contributed by atoms with Gasteiger partial charge in [-0.25, -0.2) is 0 Å². The average molecular weight is 521 g/mol. The third-order valence-electron chi connectivity index (χ3n) is 5.04. The largest absolute Gasteiger partial charge is 0.493 e. The minimum atomic E-state index is -0.250. The van der Waals surface area contributed by atoms with Gasteiger partial charge < -0.3 is 24.4 Å². The number of amides is 1. The van der Waals surface area contributed by atoms with Crippen molar-refractivity contribution in [3.05, 3.63) is 51.5 Å². The van der Waals surface area contributed by atoms with Crippen LogP contribution in [0.15, 0.2) is 34.8 Å². The lowest BCUT2D eigenvalue weighted by Gasteiger charge is -2.37. The van der Waals surface area contributed by atoms with Gasteiger partial charge in [0.15, 0.2) is 18.1 Å². The summed E-state index contributed by atoms with van der Waals surface area (Å²) < 4.78 is 17.8. The van der Waals surface area contributed by atoms with Crippen LogP contribution in [0.4, 0.5) is 5.69 Å². The van der Waals surface area contributed by atoms with E-state index < -0.39 is 0 Å². The first-order valence-corrected chi connectivity index (χ1v) is 11.7. The fraction of sp³-hybridized carbons (Fsp3) is 0.417. The highest BCUT2D eigenvalue weighted by Crippen LogP contribution is 2.37. The summed E-state index contributed by atoms with van der Waals surface area (Å²) >= 11 is 9.30. The summed E-state index contributed by atoms with van der Waals surface area (Å²) in [4.78, 5) is 15.3. The zero-order chi connectivity index (χ0) is 23.4. The number of halogens is 1. The van der Waals surface area contributed by atoms with Crippen molar-refractivity contribution >= 4 is 44.7 Å². The molecule has 0 radical (unpaired) electrons. The van der Waals surface area contributed by atoms with Gasteiger partial charge in [-0.3, -0.25) is 4.79 Å². The molecule has 0 aromatic heterocycles. The number of morpholine rings is 1. The molecule has 1 heterocycles. The normalized spacial score (nSPS) is 18.2. The molecule has 1 aliphatic heterocycles. The fourth-order valence-electron chi connectivity index (χ4n) is 3.89. The van der Waals surface area contributed by atoms with E-state index in [1.807, 2.05) is 52.0 Å². The van der Waals surface area contributed by atoms with E-state index in [1.54, 1.807) is 7.11 Å². The standard InChI is InChI=1S/C24H29BrN2O4S/c1-14-6-15(2)8-19(7-14)26-22(28)13-30-23-20(25)9-18(10-21(23)29-5)24(32)27-11-16(3)31-17(4)12-27/h6-10,16-17H,11-13H2,1-5H3,(H,26,28)/t16-,17+. The summed E-state index contributed by atoms with van der Waals surface area (Å²) in [5, 5.41) is 2.87. The van der Waals surface area contributed by atoms with Crippen molar-refractivity contribution in [2.24, 2.45) is 0 Å². The van der Waals surface area contributed by atoms with Crippen LogP contribution in [0, 0.1) is 13.8 Å². The van der Waals surface area contributed by atoms with Crippen LogP contribution < -0.4 is 14.8 Å². The Morgan fingerprint density at radius 2 is 1.78 bits per heavy atom. The Bertz CT molecular complexity index is 983. The summed E-state index contributed by atoms with van der Waals surface area (Å²) in [7, 11) is 1.57. The van der Waals surface area contributed by atoms with E-state index in [9.17, 15) is 4.79 Å². The van der Waals surface area contributed by atoms with Gasteiger partial charge in [-0.15, -0.1) is 0 Å². The minimum absolute atomic E-state index is 0.111. The third-order valence-corrected chi connectivity index (χ3v) is 6.12. The Hall–Kier alpha value is -2.16. The van der Waals surface area contributed by atoms with Gasteiger partial charge in [-0.1, -0.05) is 18.3 Å². The Kier molecular flexibility index (Phi) is 8.14. The fourth-order valence-corrected chi connectivity index (χ4v) is 4.71. The van der Waals surface area contributed by atoms with Gasteiger partial charge in [0.05, 0.1) is 23.8 Å². The maximum Gasteiger partial charge on any atom is 0.262 e. The second-order valence-corrected chi connectivity index (χ2v) is 9.41. The number of ether oxygens (including phenoxy) is 3. The van der Waals surface area contributed by atoms with Crippen LogP contribution in [0.2, 0.25) is 0 Å². The number of carbonyl (C=O) groups is 1. The van der Waals surface area contributed by atoms with Crippen LogP contribution in [-0.4, -0.2) is 54.8 Å². The van der Waals surface area contributed by atoms with E-state index in [0.717, 1.165) is 40.5 Å². The molecule has 2 atom stereocenters. The highest BCUT2D eigenvalue weighted by Gasteiger charge is 2.25. The highest BCUT2D eigenvalue weighted by atomic mass is 79.9. The molecule has 0 saturated carbocycles. The molecule has 8 heteroatoms. The molecule has 32 heavy (non-hydrogen) atoms. The molecule has 1 N–H and O–H groups in total. The summed E-state index contributed by atoms with van der Waals surface area (Å²) in [6.45, 7) is 9.39. The Balaban J connectivity index is 1.71. The number of aryl methyl sites for hydroxylation is 2. The molecule has 0 unspecified atom stereocenters. The van der Waals surface area contributed by atoms with Crippen molar-refractivity contribution in [1.82, 2.24) is 4.90 Å². The molecule has 1 fully saturated rings. The lowest BCUT2D eigenvalue weighted by atomic mass is 10.1. The van der Waals surface area contributed by atoms with E-state index in [1.165, 1.54) is 0 Å². The number of nitrogens with zero attached hydrogens (tertiary/aromatic N) is 1. The van der Waals surface area contributed by atoms with E-state index in [-0.39, 0.29) is 24.7 Å². The van der Waals surface area contributed by atoms with Gasteiger partial charge in [0.25, 0.3) is 5.91 Å². The zero-order valence-corrected chi connectivity index (χ0v) is 21.4. The molecule has 1 aliphatic rings. The first kappa shape index (κ1) is 24.5. The Morgan fingerprint density at radius 1 is 1.16 bits per heavy atom. The number of methoxy groups -OCH3 is 1. The van der Waals surface area contributed by atoms with Crippen molar-refractivity contribution in [1.29, 1.82) is 0 Å². The molecule has 2 aromatic carbocycles. The van der Waals surface area contributed by atoms with Crippen LogP contribution in [0.5, 0.6) is 11.5 Å². The van der Waals surface area contributed by atoms with E-state index in [0.29, 0.717) is 16.0 Å². The van der Waals surface area contributed by atoms with Crippen LogP contribution in [-0.2, 0) is 9.53 Å². The van der Waals surface area contributed by atoms with Crippen LogP contribution >= 0.6 is 28.1 Å². The molecule has 0 aliphatic carbocycles. The molecule has 1 saturated heterocycles. The molecular weight excluding hydrogens is 492 g/mol. The minimum Gasteiger partial charge on any atom is -0.493 e. The lowest BCUT2D eigenvalue weighted by Crippen LogP contribution is -2.47. The van der Waals surface area contributed by atoms with Gasteiger partial charge in [0.1, 0.15) is 4.99 Å². The van der Waals surface area contributed by atoms with Crippen molar-refractivity contribution in [2.75, 3.05) is 32.1 Å². The summed E-state index contributed by atoms with van der Waals surface area (Å²) in [6.07, 6.45) is 0.223. The first-order valence-electron chi connectivity index (χ1n) is 10.5. The predicted molar refractivity (Wildman–Crippen MR) is 134 cm³/mol. The van der Waals surface area contributed by atoms with Crippen LogP contribution in [0.1, 0.15) is 30.5 Å². The van der Waals surface area contributed by atoms with E-state index in [4.69, 9.17) is 26.4 Å². The first-order chi connectivity index (χ1) is 15.2. The molecule has 2 aromatic rings. The number of hydrogen-bond acceptors (Lipinski definition) is 5. The molecule has 0 spiro atoms. The molecule has 3 rings (SSSR count). The number of anilines is 1. The average Bonchev–Trinajstić information content (AvgIpc) is 2.70. The van der Waals surface area contributed by atoms with Gasteiger partial charge in [0, 0.05) is 24.3 Å². The van der Waals surface area contributed by atoms with Crippen molar-refractivity contribution in [3.63, 3.8) is 0 Å².